The van der Waals surface area contributed by atoms with E-state index in [9.17, 15) is 4.79 Å². The third-order valence-electron chi connectivity index (χ3n) is 4.05. The molecule has 1 aliphatic heterocycles. The lowest BCUT2D eigenvalue weighted by Gasteiger charge is -2.31. The number of hydrogen-bond donors (Lipinski definition) is 3. The highest BCUT2D eigenvalue weighted by Gasteiger charge is 2.36. The van der Waals surface area contributed by atoms with Crippen molar-refractivity contribution < 1.29 is 4.79 Å². The van der Waals surface area contributed by atoms with Crippen molar-refractivity contribution in [3.05, 3.63) is 35.9 Å². The van der Waals surface area contributed by atoms with Gasteiger partial charge in [-0.05, 0) is 17.5 Å². The van der Waals surface area contributed by atoms with Crippen LogP contribution in [-0.2, 0) is 4.79 Å². The molecular formula is C16H26N4O. The molecule has 4 N–H and O–H groups in total. The number of carbonyl (C=O) groups is 1. The van der Waals surface area contributed by atoms with Crippen LogP contribution in [0.3, 0.4) is 0 Å². The first-order valence-corrected chi connectivity index (χ1v) is 7.43. The number of benzene rings is 1. The van der Waals surface area contributed by atoms with Gasteiger partial charge in [0.2, 0.25) is 5.91 Å². The predicted molar refractivity (Wildman–Crippen MR) is 84.3 cm³/mol. The summed E-state index contributed by atoms with van der Waals surface area (Å²) in [6.45, 7) is 6.03. The molecular weight excluding hydrogens is 264 g/mol. The summed E-state index contributed by atoms with van der Waals surface area (Å²) < 4.78 is 0. The molecule has 116 valence electrons. The van der Waals surface area contributed by atoms with E-state index in [1.807, 2.05) is 30.1 Å². The van der Waals surface area contributed by atoms with Crippen molar-refractivity contribution in [2.45, 2.75) is 19.9 Å². The minimum Gasteiger partial charge on any atom is -0.345 e. The first-order valence-electron chi connectivity index (χ1n) is 7.43. The van der Waals surface area contributed by atoms with Crippen LogP contribution in [-0.4, -0.2) is 37.5 Å². The molecule has 1 aromatic carbocycles. The standard InChI is InChI=1S/C16H26N4O/c1-16(2,10-17)11-20(3)15(21)13-9-18-19-14(13)12-7-5-4-6-8-12/h4-8,13-14,18-19H,9-11,17H2,1-3H3. The number of rotatable bonds is 5. The van der Waals surface area contributed by atoms with Crippen molar-refractivity contribution in [3.8, 4) is 0 Å². The van der Waals surface area contributed by atoms with Gasteiger partial charge in [0.1, 0.15) is 0 Å². The van der Waals surface area contributed by atoms with E-state index in [1.165, 1.54) is 0 Å². The molecule has 1 amide bonds. The first-order chi connectivity index (χ1) is 9.94. The molecule has 1 saturated heterocycles. The van der Waals surface area contributed by atoms with Crippen LogP contribution in [0.25, 0.3) is 0 Å². The second-order valence-corrected chi connectivity index (χ2v) is 6.58. The van der Waals surface area contributed by atoms with Gasteiger partial charge in [-0.1, -0.05) is 44.2 Å². The molecule has 0 bridgehead atoms. The Morgan fingerprint density at radius 2 is 2.05 bits per heavy atom. The van der Waals surface area contributed by atoms with Gasteiger partial charge in [0.25, 0.3) is 0 Å². The van der Waals surface area contributed by atoms with Gasteiger partial charge in [-0.25, -0.2) is 5.43 Å². The van der Waals surface area contributed by atoms with E-state index in [4.69, 9.17) is 5.73 Å². The zero-order valence-electron chi connectivity index (χ0n) is 13.1. The molecule has 0 aromatic heterocycles. The van der Waals surface area contributed by atoms with Crippen molar-refractivity contribution in [1.82, 2.24) is 15.8 Å². The molecule has 2 unspecified atom stereocenters. The molecule has 1 fully saturated rings. The number of nitrogens with one attached hydrogen (secondary N) is 2. The largest absolute Gasteiger partial charge is 0.345 e. The van der Waals surface area contributed by atoms with Crippen LogP contribution in [0.1, 0.15) is 25.5 Å². The Morgan fingerprint density at radius 1 is 1.38 bits per heavy atom. The minimum absolute atomic E-state index is 0.0159. The van der Waals surface area contributed by atoms with Crippen molar-refractivity contribution in [2.75, 3.05) is 26.7 Å². The summed E-state index contributed by atoms with van der Waals surface area (Å²) >= 11 is 0. The second-order valence-electron chi connectivity index (χ2n) is 6.58. The lowest BCUT2D eigenvalue weighted by Crippen LogP contribution is -2.43. The SMILES string of the molecule is CN(CC(C)(C)CN)C(=O)C1CNNC1c1ccccc1. The molecule has 0 radical (unpaired) electrons. The highest BCUT2D eigenvalue weighted by molar-refractivity contribution is 5.80. The summed E-state index contributed by atoms with van der Waals surface area (Å²) in [4.78, 5) is 14.5. The second kappa shape index (κ2) is 6.56. The van der Waals surface area contributed by atoms with Crippen LogP contribution in [0, 0.1) is 11.3 Å². The van der Waals surface area contributed by atoms with Crippen LogP contribution >= 0.6 is 0 Å². The normalized spacial score (nSPS) is 22.3. The van der Waals surface area contributed by atoms with E-state index < -0.39 is 0 Å². The number of nitrogens with zero attached hydrogens (tertiary/aromatic N) is 1. The molecule has 0 aliphatic carbocycles. The molecule has 5 heteroatoms. The summed E-state index contributed by atoms with van der Waals surface area (Å²) in [5.41, 5.74) is 13.2. The fourth-order valence-electron chi connectivity index (χ4n) is 2.77. The molecule has 1 heterocycles. The lowest BCUT2D eigenvalue weighted by molar-refractivity contribution is -0.135. The Kier molecular flexibility index (Phi) is 4.98. The molecule has 2 rings (SSSR count). The van der Waals surface area contributed by atoms with Crippen LogP contribution in [0.15, 0.2) is 30.3 Å². The quantitative estimate of drug-likeness (QED) is 0.753. The fourth-order valence-corrected chi connectivity index (χ4v) is 2.77. The summed E-state index contributed by atoms with van der Waals surface area (Å²) in [6, 6.07) is 10.1. The molecule has 0 spiro atoms. The van der Waals surface area contributed by atoms with E-state index in [-0.39, 0.29) is 23.3 Å². The summed E-state index contributed by atoms with van der Waals surface area (Å²) in [7, 11) is 1.86. The molecule has 5 nitrogen and oxygen atoms in total. The Bertz CT molecular complexity index is 474. The average molecular weight is 290 g/mol. The fraction of sp³-hybridized carbons (Fsp3) is 0.562. The van der Waals surface area contributed by atoms with Crippen LogP contribution in [0.4, 0.5) is 0 Å². The monoisotopic (exact) mass is 290 g/mol. The van der Waals surface area contributed by atoms with Gasteiger partial charge in [0, 0.05) is 20.1 Å². The third kappa shape index (κ3) is 3.81. The number of carbonyl (C=O) groups excluding carboxylic acids is 1. The van der Waals surface area contributed by atoms with E-state index >= 15 is 0 Å². The smallest absolute Gasteiger partial charge is 0.228 e. The van der Waals surface area contributed by atoms with Crippen LogP contribution < -0.4 is 16.6 Å². The van der Waals surface area contributed by atoms with E-state index in [2.05, 4.69) is 36.8 Å². The van der Waals surface area contributed by atoms with Gasteiger partial charge in [-0.15, -0.1) is 0 Å². The van der Waals surface area contributed by atoms with Crippen molar-refractivity contribution in [3.63, 3.8) is 0 Å². The third-order valence-corrected chi connectivity index (χ3v) is 4.05. The van der Waals surface area contributed by atoms with Gasteiger partial charge in [-0.2, -0.15) is 0 Å². The highest BCUT2D eigenvalue weighted by atomic mass is 16.2. The van der Waals surface area contributed by atoms with E-state index in [0.29, 0.717) is 19.6 Å². The molecule has 0 saturated carbocycles. The highest BCUT2D eigenvalue weighted by Crippen LogP contribution is 2.27. The maximum Gasteiger partial charge on any atom is 0.228 e. The van der Waals surface area contributed by atoms with Crippen molar-refractivity contribution in [1.29, 1.82) is 0 Å². The first kappa shape index (κ1) is 15.9. The molecule has 21 heavy (non-hydrogen) atoms. The van der Waals surface area contributed by atoms with Gasteiger partial charge >= 0.3 is 0 Å². The number of hydrazine groups is 1. The Morgan fingerprint density at radius 3 is 2.67 bits per heavy atom. The van der Waals surface area contributed by atoms with E-state index in [1.54, 1.807) is 0 Å². The maximum absolute atomic E-state index is 12.7. The van der Waals surface area contributed by atoms with Crippen molar-refractivity contribution in [2.24, 2.45) is 17.1 Å². The van der Waals surface area contributed by atoms with Gasteiger partial charge in [0.15, 0.2) is 0 Å². The lowest BCUT2D eigenvalue weighted by atomic mass is 9.90. The van der Waals surface area contributed by atoms with Gasteiger partial charge in [0.05, 0.1) is 12.0 Å². The Balaban J connectivity index is 2.07. The zero-order chi connectivity index (χ0) is 15.5. The summed E-state index contributed by atoms with van der Waals surface area (Å²) in [5, 5.41) is 0. The van der Waals surface area contributed by atoms with Gasteiger partial charge < -0.3 is 10.6 Å². The predicted octanol–water partition coefficient (Wildman–Crippen LogP) is 0.895. The number of hydrogen-bond acceptors (Lipinski definition) is 4. The topological polar surface area (TPSA) is 70.4 Å². The molecule has 1 aromatic rings. The maximum atomic E-state index is 12.7. The van der Waals surface area contributed by atoms with Crippen molar-refractivity contribution >= 4 is 5.91 Å². The zero-order valence-corrected chi connectivity index (χ0v) is 13.1. The van der Waals surface area contributed by atoms with Gasteiger partial charge in [-0.3, -0.25) is 10.2 Å². The average Bonchev–Trinajstić information content (AvgIpc) is 2.96. The summed E-state index contributed by atoms with van der Waals surface area (Å²) in [5.74, 6) is 0.0638. The van der Waals surface area contributed by atoms with E-state index in [0.717, 1.165) is 5.56 Å². The molecule has 2 atom stereocenters. The Hall–Kier alpha value is -1.43. The number of nitrogens with two attached hydrogens (primary N) is 1. The minimum atomic E-state index is -0.0917. The Labute approximate surface area is 126 Å². The van der Waals surface area contributed by atoms with Crippen LogP contribution in [0.5, 0.6) is 0 Å². The number of amides is 1. The summed E-state index contributed by atoms with van der Waals surface area (Å²) in [6.07, 6.45) is 0. The molecule has 1 aliphatic rings. The van der Waals surface area contributed by atoms with Crippen LogP contribution in [0.2, 0.25) is 0 Å².